The molecule has 4 heteroatoms. The van der Waals surface area contributed by atoms with Gasteiger partial charge < -0.3 is 10.6 Å². The number of carbonyl (C=O) groups is 2. The molecular weight excluding hydrogens is 252 g/mol. The Hall–Kier alpha value is -2.88. The van der Waals surface area contributed by atoms with Crippen molar-refractivity contribution in [2.24, 2.45) is 0 Å². The molecule has 0 aliphatic rings. The van der Waals surface area contributed by atoms with Gasteiger partial charge in [-0.05, 0) is 29.8 Å². The summed E-state index contributed by atoms with van der Waals surface area (Å²) < 4.78 is 0. The summed E-state index contributed by atoms with van der Waals surface area (Å²) in [6.45, 7) is 3.67. The van der Waals surface area contributed by atoms with Crippen LogP contribution in [-0.2, 0) is 4.79 Å². The summed E-state index contributed by atoms with van der Waals surface area (Å²) in [6.07, 6.45) is 2.22. The minimum absolute atomic E-state index is 0.200. The lowest BCUT2D eigenvalue weighted by molar-refractivity contribution is -0.105. The van der Waals surface area contributed by atoms with Crippen molar-refractivity contribution in [1.29, 1.82) is 0 Å². The normalized spacial score (nSPS) is 9.60. The number of rotatable bonds is 5. The summed E-state index contributed by atoms with van der Waals surface area (Å²) in [7, 11) is 0. The summed E-state index contributed by atoms with van der Waals surface area (Å²) in [6, 6.07) is 14.1. The third-order valence-electron chi connectivity index (χ3n) is 2.78. The first kappa shape index (κ1) is 13.5. The third-order valence-corrected chi connectivity index (χ3v) is 2.78. The van der Waals surface area contributed by atoms with E-state index in [2.05, 4.69) is 17.2 Å². The number of amides is 2. The first-order valence-electron chi connectivity index (χ1n) is 6.07. The minimum atomic E-state index is -0.200. The van der Waals surface area contributed by atoms with E-state index in [1.807, 2.05) is 6.07 Å². The predicted molar refractivity (Wildman–Crippen MR) is 80.6 cm³/mol. The van der Waals surface area contributed by atoms with Crippen LogP contribution in [0, 0.1) is 0 Å². The van der Waals surface area contributed by atoms with Gasteiger partial charge in [-0.1, -0.05) is 36.9 Å². The highest BCUT2D eigenvalue weighted by Gasteiger charge is 2.06. The second-order valence-electron chi connectivity index (χ2n) is 4.09. The summed E-state index contributed by atoms with van der Waals surface area (Å²) in [4.78, 5) is 22.6. The maximum absolute atomic E-state index is 12.0. The molecule has 2 N–H and O–H groups in total. The quantitative estimate of drug-likeness (QED) is 0.817. The standard InChI is InChI=1S/C16H14N2O2/c1-2-12-8-9-14(10-15(12)17-11-19)18-16(20)13-6-4-3-5-7-13/h2-11H,1H2,(H,17,19)(H,18,20). The lowest BCUT2D eigenvalue weighted by Gasteiger charge is -2.09. The first-order chi connectivity index (χ1) is 9.74. The monoisotopic (exact) mass is 266 g/mol. The molecule has 2 aromatic carbocycles. The van der Waals surface area contributed by atoms with E-state index in [4.69, 9.17) is 0 Å². The van der Waals surface area contributed by atoms with Crippen LogP contribution in [0.1, 0.15) is 15.9 Å². The van der Waals surface area contributed by atoms with Gasteiger partial charge in [0, 0.05) is 16.9 Å². The fourth-order valence-corrected chi connectivity index (χ4v) is 1.79. The van der Waals surface area contributed by atoms with E-state index in [9.17, 15) is 9.59 Å². The Morgan fingerprint density at radius 2 is 1.85 bits per heavy atom. The SMILES string of the molecule is C=Cc1ccc(NC(=O)c2ccccc2)cc1NC=O. The third kappa shape index (κ3) is 3.11. The molecule has 100 valence electrons. The summed E-state index contributed by atoms with van der Waals surface area (Å²) >= 11 is 0. The van der Waals surface area contributed by atoms with Crippen molar-refractivity contribution in [1.82, 2.24) is 0 Å². The fraction of sp³-hybridized carbons (Fsp3) is 0. The molecule has 0 aromatic heterocycles. The van der Waals surface area contributed by atoms with E-state index < -0.39 is 0 Å². The Morgan fingerprint density at radius 1 is 1.10 bits per heavy atom. The number of hydrogen-bond donors (Lipinski definition) is 2. The molecule has 4 nitrogen and oxygen atoms in total. The Bertz CT molecular complexity index is 636. The van der Waals surface area contributed by atoms with Crippen LogP contribution in [0.25, 0.3) is 6.08 Å². The van der Waals surface area contributed by atoms with Crippen LogP contribution in [-0.4, -0.2) is 12.3 Å². The van der Waals surface area contributed by atoms with Gasteiger partial charge in [0.25, 0.3) is 5.91 Å². The molecule has 0 fully saturated rings. The van der Waals surface area contributed by atoms with Crippen LogP contribution in [0.2, 0.25) is 0 Å². The van der Waals surface area contributed by atoms with Crippen LogP contribution in [0.3, 0.4) is 0 Å². The molecule has 0 aliphatic carbocycles. The minimum Gasteiger partial charge on any atom is -0.328 e. The zero-order valence-electron chi connectivity index (χ0n) is 10.8. The Kier molecular flexibility index (Phi) is 4.29. The van der Waals surface area contributed by atoms with Crippen molar-refractivity contribution in [3.05, 3.63) is 66.2 Å². The van der Waals surface area contributed by atoms with E-state index >= 15 is 0 Å². The molecule has 0 bridgehead atoms. The molecule has 0 radical (unpaired) electrons. The largest absolute Gasteiger partial charge is 0.328 e. The highest BCUT2D eigenvalue weighted by Crippen LogP contribution is 2.22. The number of carbonyl (C=O) groups excluding carboxylic acids is 2. The van der Waals surface area contributed by atoms with Crippen molar-refractivity contribution in [3.63, 3.8) is 0 Å². The van der Waals surface area contributed by atoms with Crippen molar-refractivity contribution < 1.29 is 9.59 Å². The van der Waals surface area contributed by atoms with Crippen LogP contribution >= 0.6 is 0 Å². The molecule has 0 aliphatic heterocycles. The molecule has 0 saturated heterocycles. The van der Waals surface area contributed by atoms with Crippen molar-refractivity contribution in [3.8, 4) is 0 Å². The molecule has 0 atom stereocenters. The molecule has 20 heavy (non-hydrogen) atoms. The topological polar surface area (TPSA) is 58.2 Å². The van der Waals surface area contributed by atoms with Gasteiger partial charge in [0.1, 0.15) is 0 Å². The fourth-order valence-electron chi connectivity index (χ4n) is 1.79. The zero-order valence-corrected chi connectivity index (χ0v) is 10.8. The van der Waals surface area contributed by atoms with Gasteiger partial charge in [0.05, 0.1) is 0 Å². The summed E-state index contributed by atoms with van der Waals surface area (Å²) in [5.74, 6) is -0.200. The second-order valence-corrected chi connectivity index (χ2v) is 4.09. The molecule has 0 unspecified atom stereocenters. The molecular formula is C16H14N2O2. The summed E-state index contributed by atoms with van der Waals surface area (Å²) in [5.41, 5.74) is 2.56. The van der Waals surface area contributed by atoms with Crippen molar-refractivity contribution >= 4 is 29.8 Å². The van der Waals surface area contributed by atoms with Gasteiger partial charge in [-0.2, -0.15) is 0 Å². The van der Waals surface area contributed by atoms with Gasteiger partial charge in [-0.25, -0.2) is 0 Å². The Balaban J connectivity index is 2.21. The molecule has 2 rings (SSSR count). The predicted octanol–water partition coefficient (Wildman–Crippen LogP) is 3.15. The van der Waals surface area contributed by atoms with E-state index in [1.165, 1.54) is 0 Å². The lowest BCUT2D eigenvalue weighted by Crippen LogP contribution is -2.12. The van der Waals surface area contributed by atoms with Gasteiger partial charge in [-0.3, -0.25) is 9.59 Å². The van der Waals surface area contributed by atoms with Crippen LogP contribution < -0.4 is 10.6 Å². The van der Waals surface area contributed by atoms with E-state index in [0.717, 1.165) is 5.56 Å². The van der Waals surface area contributed by atoms with E-state index in [1.54, 1.807) is 48.5 Å². The maximum atomic E-state index is 12.0. The van der Waals surface area contributed by atoms with Crippen molar-refractivity contribution in [2.75, 3.05) is 10.6 Å². The lowest BCUT2D eigenvalue weighted by atomic mass is 10.1. The Morgan fingerprint density at radius 3 is 2.50 bits per heavy atom. The Labute approximate surface area is 117 Å². The van der Waals surface area contributed by atoms with Gasteiger partial charge in [0.15, 0.2) is 0 Å². The number of benzene rings is 2. The van der Waals surface area contributed by atoms with Gasteiger partial charge >= 0.3 is 0 Å². The number of anilines is 2. The first-order valence-corrected chi connectivity index (χ1v) is 6.07. The zero-order chi connectivity index (χ0) is 14.4. The van der Waals surface area contributed by atoms with Crippen LogP contribution in [0.15, 0.2) is 55.1 Å². The highest BCUT2D eigenvalue weighted by atomic mass is 16.1. The number of hydrogen-bond acceptors (Lipinski definition) is 2. The van der Waals surface area contributed by atoms with E-state index in [0.29, 0.717) is 23.3 Å². The average Bonchev–Trinajstić information content (AvgIpc) is 2.49. The van der Waals surface area contributed by atoms with E-state index in [-0.39, 0.29) is 5.91 Å². The van der Waals surface area contributed by atoms with Gasteiger partial charge in [0.2, 0.25) is 6.41 Å². The molecule has 0 spiro atoms. The smallest absolute Gasteiger partial charge is 0.255 e. The molecule has 0 heterocycles. The molecule has 2 aromatic rings. The van der Waals surface area contributed by atoms with Crippen molar-refractivity contribution in [2.45, 2.75) is 0 Å². The maximum Gasteiger partial charge on any atom is 0.255 e. The average molecular weight is 266 g/mol. The second kappa shape index (κ2) is 6.33. The molecule has 2 amide bonds. The highest BCUT2D eigenvalue weighted by molar-refractivity contribution is 6.04. The number of nitrogens with one attached hydrogen (secondary N) is 2. The van der Waals surface area contributed by atoms with Gasteiger partial charge in [-0.15, -0.1) is 0 Å². The molecule has 0 saturated carbocycles. The summed E-state index contributed by atoms with van der Waals surface area (Å²) in [5, 5.41) is 5.36. The van der Waals surface area contributed by atoms with Crippen LogP contribution in [0.5, 0.6) is 0 Å². The van der Waals surface area contributed by atoms with Crippen LogP contribution in [0.4, 0.5) is 11.4 Å².